The summed E-state index contributed by atoms with van der Waals surface area (Å²) in [7, 11) is 1.65. The van der Waals surface area contributed by atoms with Crippen LogP contribution >= 0.6 is 0 Å². The molecule has 0 aliphatic heterocycles. The van der Waals surface area contributed by atoms with Gasteiger partial charge in [0.1, 0.15) is 5.75 Å². The van der Waals surface area contributed by atoms with E-state index in [1.54, 1.807) is 25.6 Å². The number of rotatable bonds is 4. The summed E-state index contributed by atoms with van der Waals surface area (Å²) in [5.74, 6) is 6.51. The van der Waals surface area contributed by atoms with E-state index in [4.69, 9.17) is 16.3 Å². The van der Waals surface area contributed by atoms with E-state index >= 15 is 0 Å². The molecule has 1 aromatic heterocycles. The van der Waals surface area contributed by atoms with Crippen LogP contribution in [0.5, 0.6) is 5.75 Å². The highest BCUT2D eigenvalue weighted by atomic mass is 16.5. The molecule has 0 spiro atoms. The Labute approximate surface area is 112 Å². The van der Waals surface area contributed by atoms with Gasteiger partial charge in [-0.25, -0.2) is 5.43 Å². The molecule has 1 heterocycles. The Balaban J connectivity index is 2.43. The molecule has 0 radical (unpaired) electrons. The molecule has 2 rings (SSSR count). The second-order valence-electron chi connectivity index (χ2n) is 4.33. The molecular weight excluding hydrogens is 240 g/mol. The number of nitrogens with zero attached hydrogens (tertiary/aromatic N) is 1. The lowest BCUT2D eigenvalue weighted by Gasteiger charge is -2.19. The SMILES string of the molecule is COc1ccc(C(NN)c2cnccc2N)cc1C. The number of benzene rings is 1. The molecular formula is C14H18N4O. The van der Waals surface area contributed by atoms with Gasteiger partial charge in [-0.1, -0.05) is 12.1 Å². The van der Waals surface area contributed by atoms with Crippen molar-refractivity contribution in [1.29, 1.82) is 0 Å². The van der Waals surface area contributed by atoms with Crippen molar-refractivity contribution in [2.75, 3.05) is 12.8 Å². The van der Waals surface area contributed by atoms with Gasteiger partial charge in [0.15, 0.2) is 0 Å². The molecule has 0 saturated carbocycles. The predicted octanol–water partition coefficient (Wildman–Crippen LogP) is 1.53. The third-order valence-corrected chi connectivity index (χ3v) is 3.12. The van der Waals surface area contributed by atoms with Crippen molar-refractivity contribution in [2.24, 2.45) is 5.84 Å². The molecule has 0 aliphatic carbocycles. The average Bonchev–Trinajstić information content (AvgIpc) is 2.42. The molecule has 19 heavy (non-hydrogen) atoms. The number of anilines is 1. The van der Waals surface area contributed by atoms with E-state index in [0.29, 0.717) is 5.69 Å². The molecule has 1 aromatic carbocycles. The van der Waals surface area contributed by atoms with E-state index in [1.165, 1.54) is 0 Å². The first kappa shape index (κ1) is 13.3. The Morgan fingerprint density at radius 1 is 1.32 bits per heavy atom. The van der Waals surface area contributed by atoms with Crippen molar-refractivity contribution in [1.82, 2.24) is 10.4 Å². The second kappa shape index (κ2) is 5.69. The van der Waals surface area contributed by atoms with Crippen LogP contribution in [-0.4, -0.2) is 12.1 Å². The van der Waals surface area contributed by atoms with Crippen LogP contribution in [0.25, 0.3) is 0 Å². The summed E-state index contributed by atoms with van der Waals surface area (Å²) in [6.07, 6.45) is 3.38. The molecule has 0 saturated heterocycles. The molecule has 0 fully saturated rings. The molecule has 5 N–H and O–H groups in total. The Bertz CT molecular complexity index is 571. The number of hydrogen-bond acceptors (Lipinski definition) is 5. The molecule has 5 nitrogen and oxygen atoms in total. The molecule has 0 amide bonds. The van der Waals surface area contributed by atoms with Crippen molar-refractivity contribution >= 4 is 5.69 Å². The number of aromatic nitrogens is 1. The van der Waals surface area contributed by atoms with Gasteiger partial charge in [0.25, 0.3) is 0 Å². The molecule has 0 bridgehead atoms. The van der Waals surface area contributed by atoms with Gasteiger partial charge in [-0.15, -0.1) is 0 Å². The molecule has 5 heteroatoms. The smallest absolute Gasteiger partial charge is 0.121 e. The van der Waals surface area contributed by atoms with Crippen LogP contribution in [-0.2, 0) is 0 Å². The fourth-order valence-electron chi connectivity index (χ4n) is 2.11. The van der Waals surface area contributed by atoms with E-state index in [1.807, 2.05) is 25.1 Å². The Hall–Kier alpha value is -2.11. The summed E-state index contributed by atoms with van der Waals surface area (Å²) in [6, 6.07) is 7.47. The van der Waals surface area contributed by atoms with Crippen LogP contribution in [0.4, 0.5) is 5.69 Å². The van der Waals surface area contributed by atoms with Gasteiger partial charge >= 0.3 is 0 Å². The standard InChI is InChI=1S/C14H18N4O/c1-9-7-10(3-4-13(9)19-2)14(18-16)11-8-17-6-5-12(11)15/h3-8,14,18H,16H2,1-2H3,(H2,15,17). The lowest BCUT2D eigenvalue weighted by Crippen LogP contribution is -2.29. The maximum atomic E-state index is 5.97. The van der Waals surface area contributed by atoms with E-state index < -0.39 is 0 Å². The van der Waals surface area contributed by atoms with Gasteiger partial charge in [0.2, 0.25) is 0 Å². The van der Waals surface area contributed by atoms with Crippen molar-refractivity contribution in [2.45, 2.75) is 13.0 Å². The van der Waals surface area contributed by atoms with Gasteiger partial charge in [-0.2, -0.15) is 0 Å². The molecule has 1 unspecified atom stereocenters. The fraction of sp³-hybridized carbons (Fsp3) is 0.214. The average molecular weight is 258 g/mol. The van der Waals surface area contributed by atoms with E-state index in [0.717, 1.165) is 22.4 Å². The highest BCUT2D eigenvalue weighted by molar-refractivity contribution is 5.50. The summed E-state index contributed by atoms with van der Waals surface area (Å²) in [6.45, 7) is 1.99. The zero-order valence-corrected chi connectivity index (χ0v) is 11.1. The Kier molecular flexibility index (Phi) is 3.99. The largest absolute Gasteiger partial charge is 0.496 e. The van der Waals surface area contributed by atoms with Gasteiger partial charge in [-0.05, 0) is 30.2 Å². The number of hydrazine groups is 1. The number of nitrogen functional groups attached to an aromatic ring is 1. The van der Waals surface area contributed by atoms with Gasteiger partial charge in [0.05, 0.1) is 13.2 Å². The first-order chi connectivity index (χ1) is 9.17. The minimum atomic E-state index is -0.196. The topological polar surface area (TPSA) is 86.2 Å². The normalized spacial score (nSPS) is 12.2. The predicted molar refractivity (Wildman–Crippen MR) is 75.5 cm³/mol. The zero-order valence-electron chi connectivity index (χ0n) is 11.1. The quantitative estimate of drug-likeness (QED) is 0.572. The van der Waals surface area contributed by atoms with Crippen molar-refractivity contribution in [3.8, 4) is 5.75 Å². The van der Waals surface area contributed by atoms with Crippen molar-refractivity contribution in [3.63, 3.8) is 0 Å². The summed E-state index contributed by atoms with van der Waals surface area (Å²) >= 11 is 0. The monoisotopic (exact) mass is 258 g/mol. The first-order valence-electron chi connectivity index (χ1n) is 5.97. The van der Waals surface area contributed by atoms with Crippen LogP contribution in [0.15, 0.2) is 36.7 Å². The number of pyridine rings is 1. The van der Waals surface area contributed by atoms with Crippen molar-refractivity contribution in [3.05, 3.63) is 53.3 Å². The van der Waals surface area contributed by atoms with E-state index in [-0.39, 0.29) is 6.04 Å². The van der Waals surface area contributed by atoms with E-state index in [2.05, 4.69) is 10.4 Å². The molecule has 0 aliphatic rings. The summed E-state index contributed by atoms with van der Waals surface area (Å²) < 4.78 is 5.25. The number of aryl methyl sites for hydroxylation is 1. The van der Waals surface area contributed by atoms with Crippen LogP contribution in [0.3, 0.4) is 0 Å². The number of nitrogens with two attached hydrogens (primary N) is 2. The summed E-state index contributed by atoms with van der Waals surface area (Å²) in [5.41, 5.74) is 12.3. The highest BCUT2D eigenvalue weighted by Crippen LogP contribution is 2.28. The maximum absolute atomic E-state index is 5.97. The number of hydrogen-bond donors (Lipinski definition) is 3. The fourth-order valence-corrected chi connectivity index (χ4v) is 2.11. The lowest BCUT2D eigenvalue weighted by molar-refractivity contribution is 0.411. The number of methoxy groups -OCH3 is 1. The van der Waals surface area contributed by atoms with Crippen LogP contribution in [0.1, 0.15) is 22.7 Å². The third kappa shape index (κ3) is 2.67. The van der Waals surface area contributed by atoms with Crippen molar-refractivity contribution < 1.29 is 4.74 Å². The lowest BCUT2D eigenvalue weighted by atomic mass is 9.97. The summed E-state index contributed by atoms with van der Waals surface area (Å²) in [4.78, 5) is 4.10. The third-order valence-electron chi connectivity index (χ3n) is 3.12. The molecule has 1 atom stereocenters. The minimum Gasteiger partial charge on any atom is -0.496 e. The van der Waals surface area contributed by atoms with Gasteiger partial charge in [-0.3, -0.25) is 10.8 Å². The highest BCUT2D eigenvalue weighted by Gasteiger charge is 2.16. The van der Waals surface area contributed by atoms with Crippen LogP contribution in [0, 0.1) is 6.92 Å². The Morgan fingerprint density at radius 2 is 2.11 bits per heavy atom. The number of nitrogens with one attached hydrogen (secondary N) is 1. The summed E-state index contributed by atoms with van der Waals surface area (Å²) in [5, 5.41) is 0. The minimum absolute atomic E-state index is 0.196. The molecule has 2 aromatic rings. The first-order valence-corrected chi connectivity index (χ1v) is 5.97. The Morgan fingerprint density at radius 3 is 2.68 bits per heavy atom. The van der Waals surface area contributed by atoms with Crippen LogP contribution in [0.2, 0.25) is 0 Å². The number of ether oxygens (including phenoxy) is 1. The van der Waals surface area contributed by atoms with Crippen LogP contribution < -0.4 is 21.7 Å². The molecule has 100 valence electrons. The maximum Gasteiger partial charge on any atom is 0.121 e. The van der Waals surface area contributed by atoms with Gasteiger partial charge < -0.3 is 10.5 Å². The second-order valence-corrected chi connectivity index (χ2v) is 4.33. The zero-order chi connectivity index (χ0) is 13.8. The van der Waals surface area contributed by atoms with E-state index in [9.17, 15) is 0 Å². The van der Waals surface area contributed by atoms with Gasteiger partial charge in [0, 0.05) is 23.6 Å².